The van der Waals surface area contributed by atoms with Crippen LogP contribution in [0, 0.1) is 0 Å². The molecule has 0 fully saturated rings. The third kappa shape index (κ3) is 5.32. The van der Waals surface area contributed by atoms with Crippen molar-refractivity contribution in [1.29, 1.82) is 0 Å². The van der Waals surface area contributed by atoms with E-state index in [0.29, 0.717) is 11.4 Å². The topological polar surface area (TPSA) is 146 Å². The Bertz CT molecular complexity index is 1150. The normalized spacial score (nSPS) is 11.3. The van der Waals surface area contributed by atoms with Gasteiger partial charge in [-0.25, -0.2) is 23.1 Å². The molecule has 1 aromatic heterocycles. The summed E-state index contributed by atoms with van der Waals surface area (Å²) >= 11 is 0. The fourth-order valence-corrected chi connectivity index (χ4v) is 3.18. The number of aromatic hydroxyl groups is 1. The number of benzene rings is 2. The van der Waals surface area contributed by atoms with E-state index in [1.54, 1.807) is 6.07 Å². The zero-order chi connectivity index (χ0) is 20.9. The molecule has 0 radical (unpaired) electrons. The van der Waals surface area contributed by atoms with Crippen molar-refractivity contribution in [3.63, 3.8) is 0 Å². The lowest BCUT2D eigenvalue weighted by atomic mass is 10.2. The van der Waals surface area contributed by atoms with Gasteiger partial charge in [-0.3, -0.25) is 4.79 Å². The minimum atomic E-state index is -3.85. The van der Waals surface area contributed by atoms with Crippen LogP contribution in [-0.4, -0.2) is 29.4 Å². The van der Waals surface area contributed by atoms with E-state index in [1.807, 2.05) is 0 Å². The molecule has 0 unspecified atom stereocenters. The van der Waals surface area contributed by atoms with Crippen molar-refractivity contribution in [3.8, 4) is 5.75 Å². The van der Waals surface area contributed by atoms with Gasteiger partial charge in [0, 0.05) is 25.0 Å². The van der Waals surface area contributed by atoms with Crippen LogP contribution in [0.4, 0.5) is 23.0 Å². The largest absolute Gasteiger partial charge is 0.506 e. The van der Waals surface area contributed by atoms with Gasteiger partial charge in [0.05, 0.1) is 10.6 Å². The lowest BCUT2D eigenvalue weighted by Gasteiger charge is -2.06. The summed E-state index contributed by atoms with van der Waals surface area (Å²) in [5, 5.41) is 20.4. The highest BCUT2D eigenvalue weighted by atomic mass is 32.2. The zero-order valence-corrected chi connectivity index (χ0v) is 16.0. The predicted octanol–water partition coefficient (Wildman–Crippen LogP) is 3.36. The number of nitrogens with zero attached hydrogens (tertiary/aromatic N) is 4. The molecule has 0 aliphatic heterocycles. The predicted molar refractivity (Wildman–Crippen MR) is 106 cm³/mol. The summed E-state index contributed by atoms with van der Waals surface area (Å²) in [6.07, 6.45) is 2.84. The second-order valence-corrected chi connectivity index (χ2v) is 7.44. The van der Waals surface area contributed by atoms with Crippen molar-refractivity contribution in [2.75, 3.05) is 10.0 Å². The summed E-state index contributed by atoms with van der Waals surface area (Å²) in [6, 6.07) is 11.6. The Balaban J connectivity index is 1.76. The Labute approximate surface area is 166 Å². The molecule has 2 aromatic carbocycles. The van der Waals surface area contributed by atoms with Crippen LogP contribution in [0.5, 0.6) is 5.75 Å². The monoisotopic (exact) mass is 412 g/mol. The quantitative estimate of drug-likeness (QED) is 0.418. The summed E-state index contributed by atoms with van der Waals surface area (Å²) < 4.78 is 27.0. The second kappa shape index (κ2) is 8.44. The number of phenols is 1. The Morgan fingerprint density at radius 2 is 1.72 bits per heavy atom. The highest BCUT2D eigenvalue weighted by molar-refractivity contribution is 7.92. The van der Waals surface area contributed by atoms with Crippen LogP contribution in [-0.2, 0) is 14.8 Å². The average molecular weight is 412 g/mol. The number of carbonyl (C=O) groups excluding carboxylic acids is 1. The molecule has 0 saturated heterocycles. The standard InChI is InChI=1S/C18H16N6O4S/c1-12(25)21-14-5-8-17(26)16(11-14)23-22-13-3-6-15(7-4-13)29(27,28)24-18-19-9-2-10-20-18/h2-11,26H,1H3,(H,21,25)(H,19,20,24). The molecule has 3 rings (SSSR count). The van der Waals surface area contributed by atoms with E-state index in [2.05, 4.69) is 30.2 Å². The van der Waals surface area contributed by atoms with Gasteiger partial charge in [-0.05, 0) is 48.5 Å². The number of anilines is 2. The minimum Gasteiger partial charge on any atom is -0.506 e. The van der Waals surface area contributed by atoms with E-state index < -0.39 is 10.0 Å². The minimum absolute atomic E-state index is 0.000550. The fraction of sp³-hybridized carbons (Fsp3) is 0.0556. The van der Waals surface area contributed by atoms with Crippen LogP contribution in [0.2, 0.25) is 0 Å². The number of nitrogens with one attached hydrogen (secondary N) is 2. The van der Waals surface area contributed by atoms with Gasteiger partial charge in [-0.2, -0.15) is 5.11 Å². The van der Waals surface area contributed by atoms with E-state index in [-0.39, 0.29) is 28.2 Å². The van der Waals surface area contributed by atoms with E-state index in [1.165, 1.54) is 61.8 Å². The smallest absolute Gasteiger partial charge is 0.264 e. The zero-order valence-electron chi connectivity index (χ0n) is 15.1. The molecule has 0 bridgehead atoms. The molecule has 0 aliphatic rings. The van der Waals surface area contributed by atoms with Gasteiger partial charge in [-0.15, -0.1) is 5.11 Å². The van der Waals surface area contributed by atoms with Crippen LogP contribution >= 0.6 is 0 Å². The molecule has 1 heterocycles. The Kier molecular flexibility index (Phi) is 5.79. The first-order chi connectivity index (χ1) is 13.8. The summed E-state index contributed by atoms with van der Waals surface area (Å²) in [6.45, 7) is 1.36. The van der Waals surface area contributed by atoms with Crippen molar-refractivity contribution >= 4 is 38.9 Å². The number of sulfonamides is 1. The molecule has 0 aliphatic carbocycles. The molecule has 3 N–H and O–H groups in total. The van der Waals surface area contributed by atoms with Crippen molar-refractivity contribution in [3.05, 3.63) is 60.9 Å². The number of rotatable bonds is 6. The van der Waals surface area contributed by atoms with Gasteiger partial charge in [0.2, 0.25) is 11.9 Å². The van der Waals surface area contributed by atoms with E-state index >= 15 is 0 Å². The first kappa shape index (κ1) is 19.9. The molecule has 3 aromatic rings. The molecular weight excluding hydrogens is 396 g/mol. The van der Waals surface area contributed by atoms with Crippen molar-refractivity contribution < 1.29 is 18.3 Å². The first-order valence-corrected chi connectivity index (χ1v) is 9.74. The number of hydrogen-bond acceptors (Lipinski definition) is 8. The molecule has 11 heteroatoms. The van der Waals surface area contributed by atoms with Gasteiger partial charge in [0.25, 0.3) is 10.0 Å². The van der Waals surface area contributed by atoms with Crippen molar-refractivity contribution in [1.82, 2.24) is 9.97 Å². The molecule has 1 amide bonds. The summed E-state index contributed by atoms with van der Waals surface area (Å²) in [4.78, 5) is 18.8. The van der Waals surface area contributed by atoms with Crippen LogP contribution in [0.3, 0.4) is 0 Å². The molecule has 0 spiro atoms. The van der Waals surface area contributed by atoms with E-state index in [4.69, 9.17) is 0 Å². The molecule has 10 nitrogen and oxygen atoms in total. The van der Waals surface area contributed by atoms with Gasteiger partial charge < -0.3 is 10.4 Å². The molecular formula is C18H16N6O4S. The molecule has 148 valence electrons. The Morgan fingerprint density at radius 1 is 1.03 bits per heavy atom. The lowest BCUT2D eigenvalue weighted by Crippen LogP contribution is -2.14. The second-order valence-electron chi connectivity index (χ2n) is 5.76. The number of aromatic nitrogens is 2. The molecule has 29 heavy (non-hydrogen) atoms. The summed E-state index contributed by atoms with van der Waals surface area (Å²) in [7, 11) is -3.85. The van der Waals surface area contributed by atoms with Gasteiger partial charge in [0.1, 0.15) is 11.4 Å². The van der Waals surface area contributed by atoms with Crippen LogP contribution in [0.25, 0.3) is 0 Å². The number of hydrogen-bond donors (Lipinski definition) is 3. The maximum atomic E-state index is 12.3. The van der Waals surface area contributed by atoms with Gasteiger partial charge in [0.15, 0.2) is 0 Å². The van der Waals surface area contributed by atoms with Crippen LogP contribution in [0.1, 0.15) is 6.92 Å². The summed E-state index contributed by atoms with van der Waals surface area (Å²) in [5.74, 6) is -0.412. The first-order valence-electron chi connectivity index (χ1n) is 8.26. The average Bonchev–Trinajstić information content (AvgIpc) is 2.69. The number of azo groups is 1. The van der Waals surface area contributed by atoms with Crippen LogP contribution in [0.15, 0.2) is 76.0 Å². The highest BCUT2D eigenvalue weighted by Crippen LogP contribution is 2.31. The van der Waals surface area contributed by atoms with Gasteiger partial charge in [-0.1, -0.05) is 0 Å². The number of amides is 1. The fourth-order valence-electron chi connectivity index (χ4n) is 2.22. The number of phenolic OH excluding ortho intramolecular Hbond substituents is 1. The van der Waals surface area contributed by atoms with Crippen molar-refractivity contribution in [2.24, 2.45) is 10.2 Å². The summed E-state index contributed by atoms with van der Waals surface area (Å²) in [5.41, 5.74) is 0.972. The maximum absolute atomic E-state index is 12.3. The van der Waals surface area contributed by atoms with E-state index in [9.17, 15) is 18.3 Å². The maximum Gasteiger partial charge on any atom is 0.264 e. The highest BCUT2D eigenvalue weighted by Gasteiger charge is 2.15. The SMILES string of the molecule is CC(=O)Nc1ccc(O)c(N=Nc2ccc(S(=O)(=O)Nc3ncccn3)cc2)c1. The Morgan fingerprint density at radius 3 is 2.38 bits per heavy atom. The third-order valence-corrected chi connectivity index (χ3v) is 4.85. The van der Waals surface area contributed by atoms with Crippen molar-refractivity contribution in [2.45, 2.75) is 11.8 Å². The van der Waals surface area contributed by atoms with Crippen LogP contribution < -0.4 is 10.0 Å². The third-order valence-electron chi connectivity index (χ3n) is 3.51. The van der Waals surface area contributed by atoms with Gasteiger partial charge >= 0.3 is 0 Å². The number of carbonyl (C=O) groups is 1. The lowest BCUT2D eigenvalue weighted by molar-refractivity contribution is -0.114. The Hall–Kier alpha value is -3.86. The van der Waals surface area contributed by atoms with E-state index in [0.717, 1.165) is 0 Å². The molecule has 0 saturated carbocycles. The molecule has 0 atom stereocenters.